The van der Waals surface area contributed by atoms with Crippen molar-refractivity contribution in [3.05, 3.63) is 131 Å². The lowest BCUT2D eigenvalue weighted by Crippen LogP contribution is -2.37. The number of aryl methyl sites for hydroxylation is 4. The van der Waals surface area contributed by atoms with Gasteiger partial charge in [-0.3, -0.25) is 0 Å². The van der Waals surface area contributed by atoms with E-state index in [9.17, 15) is 20.1 Å². The van der Waals surface area contributed by atoms with Crippen molar-refractivity contribution in [3.8, 4) is 23.9 Å². The van der Waals surface area contributed by atoms with Gasteiger partial charge in [0.1, 0.15) is 48.7 Å². The van der Waals surface area contributed by atoms with Gasteiger partial charge in [0.25, 0.3) is 0 Å². The topological polar surface area (TPSA) is 151 Å². The van der Waals surface area contributed by atoms with E-state index in [0.29, 0.717) is 13.1 Å². The third kappa shape index (κ3) is 15.3. The number of likely N-dealkylation sites (N-methyl/N-ethyl adjacent to an activating group) is 2. The Bertz CT molecular complexity index is 1820. The number of aromatic nitrogens is 2. The van der Waals surface area contributed by atoms with Gasteiger partial charge >= 0.3 is 11.9 Å². The molecule has 4 aromatic rings. The number of hydrogen-bond donors (Lipinski definition) is 0. The number of hydrogen-bond acceptors (Lipinski definition) is 12. The minimum Gasteiger partial charge on any atom is -0.473 e. The van der Waals surface area contributed by atoms with E-state index in [0.717, 1.165) is 62.1 Å². The molecule has 0 aliphatic rings. The Morgan fingerprint density at radius 1 is 0.679 bits per heavy atom. The number of pyridine rings is 2. The smallest absolute Gasteiger partial charge is 0.331 e. The summed E-state index contributed by atoms with van der Waals surface area (Å²) in [5, 5.41) is 19.2. The Labute approximate surface area is 329 Å². The molecule has 0 N–H and O–H groups in total. The van der Waals surface area contributed by atoms with Gasteiger partial charge < -0.3 is 28.7 Å². The number of carbonyl (C=O) groups excluding carboxylic acids is 2. The van der Waals surface area contributed by atoms with Crippen LogP contribution >= 0.6 is 0 Å². The van der Waals surface area contributed by atoms with Crippen molar-refractivity contribution in [2.24, 2.45) is 0 Å². The summed E-state index contributed by atoms with van der Waals surface area (Å²) < 4.78 is 23.3. The lowest BCUT2D eigenvalue weighted by Gasteiger charge is -2.24. The van der Waals surface area contributed by atoms with Crippen LogP contribution in [0.2, 0.25) is 0 Å². The first-order valence-corrected chi connectivity index (χ1v) is 18.6. The van der Waals surface area contributed by atoms with Gasteiger partial charge in [-0.2, -0.15) is 10.5 Å². The third-order valence-electron chi connectivity index (χ3n) is 8.68. The second kappa shape index (κ2) is 23.0. The van der Waals surface area contributed by atoms with Gasteiger partial charge in [0.2, 0.25) is 11.8 Å². The molecule has 2 unspecified atom stereocenters. The molecule has 0 aliphatic heterocycles. The molecule has 56 heavy (non-hydrogen) atoms. The molecule has 0 amide bonds. The van der Waals surface area contributed by atoms with E-state index in [1.807, 2.05) is 74.1 Å². The predicted molar refractivity (Wildman–Crippen MR) is 212 cm³/mol. The molecule has 4 rings (SSSR count). The highest BCUT2D eigenvalue weighted by Crippen LogP contribution is 2.18. The molecule has 2 heterocycles. The SMILES string of the molecule is Cc1cnc(OCC(CN(C)CCCc2ccccc2)OC(=O)/C=C\C(=O)OC(COc2ncc(C)cc2C#N)CN(C)CCCc2ccccc2)c(C#N)c1. The van der Waals surface area contributed by atoms with E-state index < -0.39 is 24.1 Å². The lowest BCUT2D eigenvalue weighted by molar-refractivity contribution is -0.148. The molecule has 0 saturated heterocycles. The Hall–Kier alpha value is -6.08. The standard InChI is InChI=1S/C44H50N6O6/c1-33-23-37(25-45)43(47-27-33)53-31-39(29-49(3)21-11-17-35-13-7-5-8-14-35)55-41(51)19-20-42(52)56-40(32-54-44-38(26-46)24-34(2)28-48-44)30-50(4)22-12-18-36-15-9-6-10-16-36/h5-10,13-16,19-20,23-24,27-28,39-40H,11-12,17-18,21-22,29-32H2,1-4H3/b20-19-. The monoisotopic (exact) mass is 758 g/mol. The second-order valence-corrected chi connectivity index (χ2v) is 13.7. The summed E-state index contributed by atoms with van der Waals surface area (Å²) in [7, 11) is 3.85. The first-order chi connectivity index (χ1) is 27.1. The molecule has 0 bridgehead atoms. The number of esters is 2. The van der Waals surface area contributed by atoms with Crippen molar-refractivity contribution < 1.29 is 28.5 Å². The Morgan fingerprint density at radius 3 is 1.45 bits per heavy atom. The molecule has 0 fully saturated rings. The summed E-state index contributed by atoms with van der Waals surface area (Å²) in [4.78, 5) is 38.7. The molecular weight excluding hydrogens is 709 g/mol. The van der Waals surface area contributed by atoms with Gasteiger partial charge in [-0.25, -0.2) is 19.6 Å². The fourth-order valence-corrected chi connectivity index (χ4v) is 5.91. The molecule has 12 nitrogen and oxygen atoms in total. The largest absolute Gasteiger partial charge is 0.473 e. The number of nitriles is 2. The minimum atomic E-state index is -0.765. The molecular formula is C44H50N6O6. The second-order valence-electron chi connectivity index (χ2n) is 13.7. The molecule has 0 spiro atoms. The summed E-state index contributed by atoms with van der Waals surface area (Å²) in [5.74, 6) is -1.24. The van der Waals surface area contributed by atoms with E-state index >= 15 is 0 Å². The number of benzene rings is 2. The van der Waals surface area contributed by atoms with Crippen LogP contribution in [0.1, 0.15) is 46.2 Å². The Kier molecular flexibility index (Phi) is 17.5. The maximum atomic E-state index is 13.1. The first kappa shape index (κ1) is 42.7. The summed E-state index contributed by atoms with van der Waals surface area (Å²) in [6.07, 6.45) is 7.30. The zero-order chi connectivity index (χ0) is 40.1. The van der Waals surface area contributed by atoms with Crippen LogP contribution in [0.4, 0.5) is 0 Å². The molecule has 0 radical (unpaired) electrons. The van der Waals surface area contributed by atoms with E-state index in [2.05, 4.69) is 46.4 Å². The van der Waals surface area contributed by atoms with E-state index in [1.165, 1.54) is 11.1 Å². The predicted octanol–water partition coefficient (Wildman–Crippen LogP) is 5.80. The van der Waals surface area contributed by atoms with Crippen LogP contribution < -0.4 is 9.47 Å². The van der Waals surface area contributed by atoms with Crippen LogP contribution in [0, 0.1) is 36.5 Å². The maximum absolute atomic E-state index is 13.1. The molecule has 2 aromatic heterocycles. The normalized spacial score (nSPS) is 12.1. The molecule has 12 heteroatoms. The summed E-state index contributed by atoms with van der Waals surface area (Å²) >= 11 is 0. The van der Waals surface area contributed by atoms with Gasteiger partial charge in [-0.15, -0.1) is 0 Å². The van der Waals surface area contributed by atoms with Crippen LogP contribution in [0.15, 0.2) is 97.3 Å². The van der Waals surface area contributed by atoms with Gasteiger partial charge in [0.05, 0.1) is 0 Å². The van der Waals surface area contributed by atoms with Crippen LogP contribution in [-0.2, 0) is 31.9 Å². The fourth-order valence-electron chi connectivity index (χ4n) is 5.91. The summed E-state index contributed by atoms with van der Waals surface area (Å²) in [5.41, 5.74) is 4.65. The van der Waals surface area contributed by atoms with Crippen molar-refractivity contribution in [1.82, 2.24) is 19.8 Å². The quantitative estimate of drug-likeness (QED) is 0.0704. The average Bonchev–Trinajstić information content (AvgIpc) is 3.19. The lowest BCUT2D eigenvalue weighted by atomic mass is 10.1. The molecule has 2 aromatic carbocycles. The Balaban J connectivity index is 1.38. The van der Waals surface area contributed by atoms with E-state index in [-0.39, 0.29) is 36.1 Å². The average molecular weight is 759 g/mol. The van der Waals surface area contributed by atoms with Gasteiger partial charge in [0.15, 0.2) is 0 Å². The number of carbonyl (C=O) groups is 2. The van der Waals surface area contributed by atoms with E-state index in [1.54, 1.807) is 24.5 Å². The number of nitrogens with zero attached hydrogens (tertiary/aromatic N) is 6. The van der Waals surface area contributed by atoms with Crippen molar-refractivity contribution in [3.63, 3.8) is 0 Å². The van der Waals surface area contributed by atoms with Gasteiger partial charge in [-0.05, 0) is 101 Å². The molecule has 0 aliphatic carbocycles. The van der Waals surface area contributed by atoms with Crippen molar-refractivity contribution in [2.45, 2.75) is 51.7 Å². The van der Waals surface area contributed by atoms with Gasteiger partial charge in [0, 0.05) is 37.6 Å². The number of ether oxygens (including phenoxy) is 4. The molecule has 2 atom stereocenters. The fraction of sp³-hybridized carbons (Fsp3) is 0.364. The zero-order valence-corrected chi connectivity index (χ0v) is 32.6. The zero-order valence-electron chi connectivity index (χ0n) is 32.6. The van der Waals surface area contributed by atoms with Crippen molar-refractivity contribution in [1.29, 1.82) is 10.5 Å². The van der Waals surface area contributed by atoms with Crippen LogP contribution in [-0.4, -0.2) is 97.4 Å². The molecule has 0 saturated carbocycles. The van der Waals surface area contributed by atoms with Crippen LogP contribution in [0.3, 0.4) is 0 Å². The van der Waals surface area contributed by atoms with Crippen molar-refractivity contribution >= 4 is 11.9 Å². The number of rotatable bonds is 22. The van der Waals surface area contributed by atoms with Crippen molar-refractivity contribution in [2.75, 3.05) is 53.5 Å². The van der Waals surface area contributed by atoms with Gasteiger partial charge in [-0.1, -0.05) is 60.7 Å². The third-order valence-corrected chi connectivity index (χ3v) is 8.68. The highest BCUT2D eigenvalue weighted by Gasteiger charge is 2.21. The minimum absolute atomic E-state index is 0.0639. The Morgan fingerprint density at radius 2 is 1.07 bits per heavy atom. The van der Waals surface area contributed by atoms with Crippen LogP contribution in [0.5, 0.6) is 11.8 Å². The highest BCUT2D eigenvalue weighted by molar-refractivity contribution is 5.91. The molecule has 292 valence electrons. The van der Waals surface area contributed by atoms with Crippen LogP contribution in [0.25, 0.3) is 0 Å². The summed E-state index contributed by atoms with van der Waals surface area (Å²) in [6, 6.07) is 27.9. The highest BCUT2D eigenvalue weighted by atomic mass is 16.6. The first-order valence-electron chi connectivity index (χ1n) is 18.6. The maximum Gasteiger partial charge on any atom is 0.331 e. The van der Waals surface area contributed by atoms with E-state index in [4.69, 9.17) is 18.9 Å². The summed E-state index contributed by atoms with van der Waals surface area (Å²) in [6.45, 7) is 5.66.